The molecule has 1 saturated heterocycles. The molecule has 158 valence electrons. The molecule has 4 rings (SSSR count). The van der Waals surface area contributed by atoms with Crippen molar-refractivity contribution in [1.82, 2.24) is 4.98 Å². The number of rotatable bonds is 4. The summed E-state index contributed by atoms with van der Waals surface area (Å²) in [4.78, 5) is 6.06. The third kappa shape index (κ3) is 4.06. The first kappa shape index (κ1) is 21.1. The maximum atomic E-state index is 14.0. The molecule has 0 saturated carbocycles. The lowest BCUT2D eigenvalue weighted by molar-refractivity contribution is 0.516. The monoisotopic (exact) mass is 472 g/mol. The number of halogens is 4. The summed E-state index contributed by atoms with van der Waals surface area (Å²) < 4.78 is 66.0. The second-order valence-corrected chi connectivity index (χ2v) is 10.4. The van der Waals surface area contributed by atoms with Crippen LogP contribution in [0.4, 0.5) is 18.3 Å². The van der Waals surface area contributed by atoms with Gasteiger partial charge in [-0.15, -0.1) is 11.3 Å². The molecule has 0 N–H and O–H groups in total. The Bertz CT molecular complexity index is 1190. The molecule has 1 aliphatic rings. The van der Waals surface area contributed by atoms with Gasteiger partial charge >= 0.3 is 0 Å². The lowest BCUT2D eigenvalue weighted by atomic mass is 10.1. The van der Waals surface area contributed by atoms with E-state index in [1.807, 2.05) is 10.3 Å². The van der Waals surface area contributed by atoms with Crippen LogP contribution in [-0.4, -0.2) is 31.7 Å². The predicted octanol–water partition coefficient (Wildman–Crippen LogP) is 5.32. The van der Waals surface area contributed by atoms with Gasteiger partial charge in [0.2, 0.25) is 0 Å². The zero-order chi connectivity index (χ0) is 21.5. The Hall–Kier alpha value is -2.10. The van der Waals surface area contributed by atoms with Gasteiger partial charge in [0.1, 0.15) is 22.3 Å². The molecule has 3 aromatic rings. The highest BCUT2D eigenvalue weighted by molar-refractivity contribution is 7.92. The number of anilines is 1. The number of sulfone groups is 1. The molecule has 0 aliphatic carbocycles. The summed E-state index contributed by atoms with van der Waals surface area (Å²) in [5, 5.41) is 1.81. The Labute approximate surface area is 180 Å². The van der Waals surface area contributed by atoms with Crippen LogP contribution in [0.2, 0.25) is 5.02 Å². The Morgan fingerprint density at radius 3 is 2.43 bits per heavy atom. The normalized spacial score (nSPS) is 15.5. The summed E-state index contributed by atoms with van der Waals surface area (Å²) in [7, 11) is -3.90. The van der Waals surface area contributed by atoms with Crippen molar-refractivity contribution >= 4 is 37.9 Å². The van der Waals surface area contributed by atoms with E-state index in [9.17, 15) is 21.6 Å². The smallest absolute Gasteiger partial charge is 0.185 e. The van der Waals surface area contributed by atoms with Crippen LogP contribution in [0.3, 0.4) is 0 Å². The molecule has 1 aliphatic heterocycles. The number of benzene rings is 2. The van der Waals surface area contributed by atoms with E-state index >= 15 is 0 Å². The van der Waals surface area contributed by atoms with Crippen LogP contribution in [0.5, 0.6) is 0 Å². The van der Waals surface area contributed by atoms with E-state index in [2.05, 4.69) is 4.98 Å². The van der Waals surface area contributed by atoms with Crippen LogP contribution >= 0.6 is 22.9 Å². The molecule has 30 heavy (non-hydrogen) atoms. The Balaban J connectivity index is 1.47. The third-order valence-corrected chi connectivity index (χ3v) is 8.54. The van der Waals surface area contributed by atoms with Crippen LogP contribution < -0.4 is 4.90 Å². The highest BCUT2D eigenvalue weighted by atomic mass is 35.5. The summed E-state index contributed by atoms with van der Waals surface area (Å²) in [5.41, 5.74) is 1.34. The number of aromatic nitrogens is 1. The Morgan fingerprint density at radius 2 is 1.77 bits per heavy atom. The number of hydrogen-bond donors (Lipinski definition) is 0. The molecular formula is C20H16ClF3N2O2S2. The molecular weight excluding hydrogens is 457 g/mol. The molecule has 2 heterocycles. The van der Waals surface area contributed by atoms with Gasteiger partial charge in [-0.25, -0.2) is 26.6 Å². The van der Waals surface area contributed by atoms with Crippen molar-refractivity contribution in [3.63, 3.8) is 0 Å². The van der Waals surface area contributed by atoms with Crippen LogP contribution in [0.1, 0.15) is 12.8 Å². The van der Waals surface area contributed by atoms with Gasteiger partial charge < -0.3 is 4.90 Å². The van der Waals surface area contributed by atoms with Gasteiger partial charge in [-0.1, -0.05) is 11.6 Å². The molecule has 1 fully saturated rings. The van der Waals surface area contributed by atoms with Crippen LogP contribution in [0.25, 0.3) is 11.3 Å². The fourth-order valence-electron chi connectivity index (χ4n) is 3.44. The largest absolute Gasteiger partial charge is 0.348 e. The average Bonchev–Trinajstić information content (AvgIpc) is 3.20. The van der Waals surface area contributed by atoms with Crippen molar-refractivity contribution in [2.45, 2.75) is 23.0 Å². The molecule has 0 radical (unpaired) electrons. The fourth-order valence-corrected chi connectivity index (χ4v) is 6.29. The predicted molar refractivity (Wildman–Crippen MR) is 111 cm³/mol. The first-order chi connectivity index (χ1) is 14.3. The van der Waals surface area contributed by atoms with E-state index in [-0.39, 0.29) is 5.02 Å². The lowest BCUT2D eigenvalue weighted by Gasteiger charge is -2.31. The van der Waals surface area contributed by atoms with Crippen molar-refractivity contribution < 1.29 is 21.6 Å². The van der Waals surface area contributed by atoms with Crippen molar-refractivity contribution in [3.05, 3.63) is 64.3 Å². The zero-order valence-electron chi connectivity index (χ0n) is 15.5. The van der Waals surface area contributed by atoms with E-state index in [0.717, 1.165) is 12.1 Å². The second-order valence-electron chi connectivity index (χ2n) is 6.95. The highest BCUT2D eigenvalue weighted by Gasteiger charge is 2.34. The van der Waals surface area contributed by atoms with Gasteiger partial charge in [-0.3, -0.25) is 0 Å². The highest BCUT2D eigenvalue weighted by Crippen LogP contribution is 2.33. The van der Waals surface area contributed by atoms with Gasteiger partial charge in [0, 0.05) is 30.1 Å². The summed E-state index contributed by atoms with van der Waals surface area (Å²) >= 11 is 7.23. The average molecular weight is 473 g/mol. The molecule has 2 aromatic carbocycles. The summed E-state index contributed by atoms with van der Waals surface area (Å²) in [6.07, 6.45) is 0.604. The molecule has 0 amide bonds. The standard InChI is InChI=1S/C20H16ClF3N2O2S2/c21-15-9-12(1-3-16(15)23)18-11-29-20(25-18)26-7-5-14(6-8-26)30(27,28)19-4-2-13(22)10-17(19)24/h1-4,9-11,14H,5-8H2. The molecule has 0 bridgehead atoms. The molecule has 0 unspecified atom stereocenters. The Morgan fingerprint density at radius 1 is 1.03 bits per heavy atom. The van der Waals surface area contributed by atoms with E-state index in [1.54, 1.807) is 6.07 Å². The SMILES string of the molecule is O=S(=O)(c1ccc(F)cc1F)C1CCN(c2nc(-c3ccc(F)c(Cl)c3)cs2)CC1. The van der Waals surface area contributed by atoms with Crippen LogP contribution in [-0.2, 0) is 9.84 Å². The van der Waals surface area contributed by atoms with E-state index in [1.165, 1.54) is 23.5 Å². The summed E-state index contributed by atoms with van der Waals surface area (Å²) in [5.74, 6) is -2.39. The molecule has 10 heteroatoms. The van der Waals surface area contributed by atoms with Gasteiger partial charge in [0.25, 0.3) is 0 Å². The van der Waals surface area contributed by atoms with Crippen molar-refractivity contribution in [1.29, 1.82) is 0 Å². The van der Waals surface area contributed by atoms with Gasteiger partial charge in [0.15, 0.2) is 15.0 Å². The molecule has 1 aromatic heterocycles. The quantitative estimate of drug-likeness (QED) is 0.482. The topological polar surface area (TPSA) is 50.3 Å². The molecule has 0 atom stereocenters. The summed E-state index contributed by atoms with van der Waals surface area (Å²) in [6, 6.07) is 6.89. The lowest BCUT2D eigenvalue weighted by Crippen LogP contribution is -2.39. The van der Waals surface area contributed by atoms with Crippen molar-refractivity contribution in [2.75, 3.05) is 18.0 Å². The molecule has 4 nitrogen and oxygen atoms in total. The minimum absolute atomic E-state index is 0.0149. The van der Waals surface area contributed by atoms with Crippen LogP contribution in [0, 0.1) is 17.5 Å². The second kappa shape index (κ2) is 8.20. The third-order valence-electron chi connectivity index (χ3n) is 5.06. The number of piperidine rings is 1. The fraction of sp³-hybridized carbons (Fsp3) is 0.250. The Kier molecular flexibility index (Phi) is 5.78. The minimum Gasteiger partial charge on any atom is -0.348 e. The van der Waals surface area contributed by atoms with Gasteiger partial charge in [-0.2, -0.15) is 0 Å². The molecule has 0 spiro atoms. The number of thiazole rings is 1. The summed E-state index contributed by atoms with van der Waals surface area (Å²) in [6.45, 7) is 0.869. The number of hydrogen-bond acceptors (Lipinski definition) is 5. The first-order valence-corrected chi connectivity index (χ1v) is 11.9. The van der Waals surface area contributed by atoms with E-state index in [4.69, 9.17) is 11.6 Å². The first-order valence-electron chi connectivity index (χ1n) is 9.10. The van der Waals surface area contributed by atoms with E-state index in [0.29, 0.717) is 48.4 Å². The van der Waals surface area contributed by atoms with E-state index < -0.39 is 37.4 Å². The number of nitrogens with zero attached hydrogens (tertiary/aromatic N) is 2. The minimum atomic E-state index is -3.90. The maximum absolute atomic E-state index is 14.0. The van der Waals surface area contributed by atoms with Gasteiger partial charge in [0.05, 0.1) is 16.0 Å². The van der Waals surface area contributed by atoms with Crippen molar-refractivity contribution in [3.8, 4) is 11.3 Å². The van der Waals surface area contributed by atoms with Crippen LogP contribution in [0.15, 0.2) is 46.7 Å². The maximum Gasteiger partial charge on any atom is 0.185 e. The zero-order valence-corrected chi connectivity index (χ0v) is 17.9. The van der Waals surface area contributed by atoms with Gasteiger partial charge in [-0.05, 0) is 43.2 Å². The van der Waals surface area contributed by atoms with Crippen molar-refractivity contribution in [2.24, 2.45) is 0 Å².